The summed E-state index contributed by atoms with van der Waals surface area (Å²) in [7, 11) is 0. The molecule has 0 heterocycles. The summed E-state index contributed by atoms with van der Waals surface area (Å²) in [6.07, 6.45) is -4.34. The summed E-state index contributed by atoms with van der Waals surface area (Å²) in [4.78, 5) is 12.0. The van der Waals surface area contributed by atoms with E-state index in [1.54, 1.807) is 12.1 Å². The van der Waals surface area contributed by atoms with Crippen molar-refractivity contribution in [2.75, 3.05) is 11.9 Å². The first-order valence-corrected chi connectivity index (χ1v) is 7.42. The first-order chi connectivity index (χ1) is 11.8. The van der Waals surface area contributed by atoms with Crippen LogP contribution in [0.15, 0.2) is 48.5 Å². The molecule has 0 aliphatic heterocycles. The number of amides is 2. The monoisotopic (exact) mass is 354 g/mol. The Morgan fingerprint density at radius 3 is 2.32 bits per heavy atom. The van der Waals surface area contributed by atoms with Gasteiger partial charge >= 0.3 is 12.2 Å². The van der Waals surface area contributed by atoms with Gasteiger partial charge in [0.25, 0.3) is 0 Å². The number of halogens is 3. The number of aromatic hydroxyl groups is 1. The number of hydrogen-bond donors (Lipinski definition) is 4. The van der Waals surface area contributed by atoms with Crippen molar-refractivity contribution < 1.29 is 28.2 Å². The molecule has 0 saturated heterocycles. The molecule has 0 bridgehead atoms. The zero-order chi connectivity index (χ0) is 18.4. The number of phenolic OH excluding ortho intramolecular Hbond substituents is 1. The number of carbonyl (C=O) groups excluding carboxylic acids is 1. The number of nitrogens with one attached hydrogen (secondary N) is 2. The van der Waals surface area contributed by atoms with E-state index in [9.17, 15) is 28.2 Å². The highest BCUT2D eigenvalue weighted by Crippen LogP contribution is 2.34. The Kier molecular flexibility index (Phi) is 5.87. The average molecular weight is 354 g/mol. The number of carbonyl (C=O) groups is 1. The average Bonchev–Trinajstić information content (AvgIpc) is 2.55. The van der Waals surface area contributed by atoms with Crippen LogP contribution in [0.4, 0.5) is 23.7 Å². The van der Waals surface area contributed by atoms with Gasteiger partial charge in [-0.25, -0.2) is 4.79 Å². The van der Waals surface area contributed by atoms with E-state index in [4.69, 9.17) is 0 Å². The predicted octanol–water partition coefficient (Wildman–Crippen LogP) is 3.14. The van der Waals surface area contributed by atoms with Crippen molar-refractivity contribution in [3.63, 3.8) is 0 Å². The number of phenols is 1. The van der Waals surface area contributed by atoms with Crippen LogP contribution in [-0.4, -0.2) is 28.9 Å². The van der Waals surface area contributed by atoms with Crippen molar-refractivity contribution in [1.29, 1.82) is 0 Å². The topological polar surface area (TPSA) is 81.6 Å². The summed E-state index contributed by atoms with van der Waals surface area (Å²) in [5, 5.41) is 23.2. The Hall–Kier alpha value is -2.74. The zero-order valence-electron chi connectivity index (χ0n) is 13.0. The molecule has 0 radical (unpaired) electrons. The summed E-state index contributed by atoms with van der Waals surface area (Å²) >= 11 is 0. The molecule has 2 amide bonds. The maximum absolute atomic E-state index is 12.9. The van der Waals surface area contributed by atoms with E-state index < -0.39 is 30.4 Å². The summed E-state index contributed by atoms with van der Waals surface area (Å²) in [5.74, 6) is 0.0822. The van der Waals surface area contributed by atoms with Crippen molar-refractivity contribution >= 4 is 11.7 Å². The first kappa shape index (κ1) is 18.6. The van der Waals surface area contributed by atoms with Gasteiger partial charge in [-0.05, 0) is 36.2 Å². The standard InChI is InChI=1S/C17H17F3N2O3/c18-17(19,20)14-3-1-2-4-15(14)22-16(25)21-12(10-23)9-11-5-7-13(24)8-6-11/h1-8,12,23-24H,9-10H2,(H2,21,22,25)/t12-/m0/s1. The summed E-state index contributed by atoms with van der Waals surface area (Å²) < 4.78 is 38.7. The van der Waals surface area contributed by atoms with E-state index >= 15 is 0 Å². The van der Waals surface area contributed by atoms with E-state index in [0.717, 1.165) is 17.7 Å². The smallest absolute Gasteiger partial charge is 0.418 e. The van der Waals surface area contributed by atoms with E-state index in [1.165, 1.54) is 24.3 Å². The molecule has 0 aliphatic carbocycles. The third-order valence-electron chi connectivity index (χ3n) is 3.45. The van der Waals surface area contributed by atoms with Crippen LogP contribution in [0.25, 0.3) is 0 Å². The highest BCUT2D eigenvalue weighted by Gasteiger charge is 2.33. The van der Waals surface area contributed by atoms with Crippen LogP contribution in [0.2, 0.25) is 0 Å². The van der Waals surface area contributed by atoms with Gasteiger partial charge in [0.05, 0.1) is 23.9 Å². The van der Waals surface area contributed by atoms with Crippen molar-refractivity contribution in [2.45, 2.75) is 18.6 Å². The zero-order valence-corrected chi connectivity index (χ0v) is 13.0. The molecule has 0 aromatic heterocycles. The number of aliphatic hydroxyl groups is 1. The summed E-state index contributed by atoms with van der Waals surface area (Å²) in [6.45, 7) is -0.394. The molecule has 0 fully saturated rings. The molecule has 5 nitrogen and oxygen atoms in total. The molecule has 134 valence electrons. The van der Waals surface area contributed by atoms with Crippen LogP contribution in [0.1, 0.15) is 11.1 Å². The van der Waals surface area contributed by atoms with Crippen LogP contribution >= 0.6 is 0 Å². The lowest BCUT2D eigenvalue weighted by Gasteiger charge is -2.18. The molecule has 4 N–H and O–H groups in total. The summed E-state index contributed by atoms with van der Waals surface area (Å²) in [5.41, 5.74) is -0.578. The van der Waals surface area contributed by atoms with Gasteiger partial charge in [-0.3, -0.25) is 0 Å². The fourth-order valence-corrected chi connectivity index (χ4v) is 2.26. The maximum atomic E-state index is 12.9. The highest BCUT2D eigenvalue weighted by molar-refractivity contribution is 5.90. The van der Waals surface area contributed by atoms with Gasteiger partial charge in [0, 0.05) is 0 Å². The number of hydrogen-bond acceptors (Lipinski definition) is 3. The molecule has 0 aliphatic rings. The Labute approximate surface area is 142 Å². The van der Waals surface area contributed by atoms with E-state index in [2.05, 4.69) is 10.6 Å². The van der Waals surface area contributed by atoms with Gasteiger partial charge in [-0.1, -0.05) is 24.3 Å². The SMILES string of the molecule is O=C(Nc1ccccc1C(F)(F)F)N[C@H](CO)Cc1ccc(O)cc1. The van der Waals surface area contributed by atoms with Gasteiger partial charge in [0.2, 0.25) is 0 Å². The van der Waals surface area contributed by atoms with E-state index in [1.807, 2.05) is 0 Å². The molecule has 2 aromatic rings. The number of anilines is 1. The number of para-hydroxylation sites is 1. The van der Waals surface area contributed by atoms with Crippen LogP contribution < -0.4 is 10.6 Å². The molecule has 0 saturated carbocycles. The molecule has 0 spiro atoms. The second-order valence-corrected chi connectivity index (χ2v) is 5.39. The molecule has 2 rings (SSSR count). The Morgan fingerprint density at radius 1 is 1.08 bits per heavy atom. The maximum Gasteiger partial charge on any atom is 0.418 e. The van der Waals surface area contributed by atoms with Crippen molar-refractivity contribution in [3.05, 3.63) is 59.7 Å². The Balaban J connectivity index is 2.02. The molecule has 0 unspecified atom stereocenters. The van der Waals surface area contributed by atoms with Crippen LogP contribution in [0.3, 0.4) is 0 Å². The van der Waals surface area contributed by atoms with Crippen LogP contribution in [0, 0.1) is 0 Å². The number of rotatable bonds is 5. The minimum Gasteiger partial charge on any atom is -0.508 e. The molecular weight excluding hydrogens is 337 g/mol. The van der Waals surface area contributed by atoms with E-state index in [0.29, 0.717) is 0 Å². The molecule has 2 aromatic carbocycles. The number of alkyl halides is 3. The highest BCUT2D eigenvalue weighted by atomic mass is 19.4. The predicted molar refractivity (Wildman–Crippen MR) is 86.3 cm³/mol. The normalized spacial score (nSPS) is 12.5. The van der Waals surface area contributed by atoms with Gasteiger partial charge in [0.15, 0.2) is 0 Å². The van der Waals surface area contributed by atoms with Crippen molar-refractivity contribution in [3.8, 4) is 5.75 Å². The van der Waals surface area contributed by atoms with Gasteiger partial charge < -0.3 is 20.8 Å². The molecule has 1 atom stereocenters. The Bertz CT molecular complexity index is 718. The first-order valence-electron chi connectivity index (χ1n) is 7.42. The van der Waals surface area contributed by atoms with E-state index in [-0.39, 0.29) is 17.9 Å². The molecule has 25 heavy (non-hydrogen) atoms. The number of urea groups is 1. The minimum atomic E-state index is -4.59. The third-order valence-corrected chi connectivity index (χ3v) is 3.45. The fraction of sp³-hybridized carbons (Fsp3) is 0.235. The van der Waals surface area contributed by atoms with Gasteiger partial charge in [0.1, 0.15) is 5.75 Å². The second-order valence-electron chi connectivity index (χ2n) is 5.39. The van der Waals surface area contributed by atoms with Crippen LogP contribution in [0.5, 0.6) is 5.75 Å². The lowest BCUT2D eigenvalue weighted by Crippen LogP contribution is -2.41. The van der Waals surface area contributed by atoms with Crippen molar-refractivity contribution in [2.24, 2.45) is 0 Å². The van der Waals surface area contributed by atoms with Gasteiger partial charge in [-0.15, -0.1) is 0 Å². The fourth-order valence-electron chi connectivity index (χ4n) is 2.26. The largest absolute Gasteiger partial charge is 0.508 e. The quantitative estimate of drug-likeness (QED) is 0.666. The third kappa shape index (κ3) is 5.39. The van der Waals surface area contributed by atoms with Crippen molar-refractivity contribution in [1.82, 2.24) is 5.32 Å². The molecular formula is C17H17F3N2O3. The summed E-state index contributed by atoms with van der Waals surface area (Å²) in [6, 6.07) is 9.25. The lowest BCUT2D eigenvalue weighted by molar-refractivity contribution is -0.136. The van der Waals surface area contributed by atoms with Gasteiger partial charge in [-0.2, -0.15) is 13.2 Å². The lowest BCUT2D eigenvalue weighted by atomic mass is 10.1. The Morgan fingerprint density at radius 2 is 1.72 bits per heavy atom. The van der Waals surface area contributed by atoms with Crippen LogP contribution in [-0.2, 0) is 12.6 Å². The number of benzene rings is 2. The second kappa shape index (κ2) is 7.89. The minimum absolute atomic E-state index is 0.0822. The number of aliphatic hydroxyl groups excluding tert-OH is 1. The molecule has 8 heteroatoms.